The van der Waals surface area contributed by atoms with Crippen LogP contribution in [0.2, 0.25) is 0 Å². The van der Waals surface area contributed by atoms with E-state index in [0.29, 0.717) is 36.7 Å². The van der Waals surface area contributed by atoms with E-state index in [-0.39, 0.29) is 11.7 Å². The third-order valence-corrected chi connectivity index (χ3v) is 3.72. The number of guanidine groups is 1. The highest BCUT2D eigenvalue weighted by Crippen LogP contribution is 2.08. The first kappa shape index (κ1) is 18.4. The molecule has 0 saturated heterocycles. The van der Waals surface area contributed by atoms with E-state index >= 15 is 0 Å². The summed E-state index contributed by atoms with van der Waals surface area (Å²) in [4.78, 5) is 16.1. The van der Waals surface area contributed by atoms with Gasteiger partial charge in [0.1, 0.15) is 5.82 Å². The van der Waals surface area contributed by atoms with Crippen LogP contribution in [-0.2, 0) is 13.6 Å². The fraction of sp³-hybridized carbons (Fsp3) is 0.353. The van der Waals surface area contributed by atoms with E-state index in [1.807, 2.05) is 13.1 Å². The molecule has 134 valence electrons. The molecule has 1 amide bonds. The highest BCUT2D eigenvalue weighted by atomic mass is 19.1. The minimum Gasteiger partial charge on any atom is -0.355 e. The maximum absolute atomic E-state index is 13.5. The topological polar surface area (TPSA) is 83.3 Å². The second-order valence-corrected chi connectivity index (χ2v) is 5.52. The maximum atomic E-state index is 13.5. The predicted octanol–water partition coefficient (Wildman–Crippen LogP) is 0.963. The summed E-state index contributed by atoms with van der Waals surface area (Å²) in [5.41, 5.74) is 1.85. The van der Waals surface area contributed by atoms with Crippen LogP contribution in [0.5, 0.6) is 0 Å². The molecule has 0 bridgehead atoms. The van der Waals surface area contributed by atoms with Gasteiger partial charge in [0, 0.05) is 38.9 Å². The molecule has 0 atom stereocenters. The van der Waals surface area contributed by atoms with Crippen LogP contribution in [0.25, 0.3) is 0 Å². The number of benzene rings is 1. The molecule has 0 spiro atoms. The monoisotopic (exact) mass is 346 g/mol. The maximum Gasteiger partial charge on any atom is 0.251 e. The Labute approximate surface area is 146 Å². The lowest BCUT2D eigenvalue weighted by Crippen LogP contribution is -2.41. The Morgan fingerprint density at radius 3 is 2.64 bits per heavy atom. The number of carbonyl (C=O) groups is 1. The van der Waals surface area contributed by atoms with Gasteiger partial charge in [0.05, 0.1) is 12.2 Å². The molecule has 0 saturated carbocycles. The lowest BCUT2D eigenvalue weighted by Gasteiger charge is -2.12. The molecule has 8 heteroatoms. The highest BCUT2D eigenvalue weighted by molar-refractivity contribution is 5.94. The fourth-order valence-corrected chi connectivity index (χ4v) is 2.16. The molecule has 7 nitrogen and oxygen atoms in total. The zero-order chi connectivity index (χ0) is 18.2. The van der Waals surface area contributed by atoms with Gasteiger partial charge >= 0.3 is 0 Å². The zero-order valence-corrected chi connectivity index (χ0v) is 14.6. The van der Waals surface area contributed by atoms with Gasteiger partial charge in [-0.1, -0.05) is 6.07 Å². The molecule has 1 heterocycles. The number of aryl methyl sites for hydroxylation is 2. The van der Waals surface area contributed by atoms with Crippen LogP contribution >= 0.6 is 0 Å². The third kappa shape index (κ3) is 5.30. The number of aliphatic imine (C=N–C) groups is 1. The minimum atomic E-state index is -0.384. The van der Waals surface area contributed by atoms with Crippen molar-refractivity contribution in [1.82, 2.24) is 25.7 Å². The molecule has 1 aromatic heterocycles. The highest BCUT2D eigenvalue weighted by Gasteiger charge is 2.07. The van der Waals surface area contributed by atoms with Crippen LogP contribution in [0.1, 0.15) is 21.6 Å². The van der Waals surface area contributed by atoms with E-state index in [0.717, 1.165) is 5.69 Å². The number of amides is 1. The lowest BCUT2D eigenvalue weighted by molar-refractivity contribution is 0.0954. The van der Waals surface area contributed by atoms with Crippen molar-refractivity contribution in [2.75, 3.05) is 20.1 Å². The molecule has 0 radical (unpaired) electrons. The van der Waals surface area contributed by atoms with Crippen LogP contribution in [0.15, 0.2) is 35.5 Å². The molecule has 1 aromatic carbocycles. The second-order valence-electron chi connectivity index (χ2n) is 5.52. The second kappa shape index (κ2) is 8.81. The predicted molar refractivity (Wildman–Crippen MR) is 94.9 cm³/mol. The molecule has 0 aliphatic rings. The number of aromatic nitrogens is 2. The van der Waals surface area contributed by atoms with Crippen LogP contribution < -0.4 is 16.0 Å². The molecule has 2 rings (SSSR count). The number of rotatable bonds is 6. The number of hydrogen-bond donors (Lipinski definition) is 3. The van der Waals surface area contributed by atoms with E-state index in [1.54, 1.807) is 37.0 Å². The molecule has 25 heavy (non-hydrogen) atoms. The zero-order valence-electron chi connectivity index (χ0n) is 14.6. The van der Waals surface area contributed by atoms with Gasteiger partial charge in [-0.15, -0.1) is 0 Å². The summed E-state index contributed by atoms with van der Waals surface area (Å²) in [5, 5.41) is 13.1. The normalized spacial score (nSPS) is 11.3. The van der Waals surface area contributed by atoms with Crippen LogP contribution in [0.4, 0.5) is 4.39 Å². The summed E-state index contributed by atoms with van der Waals surface area (Å²) in [7, 11) is 3.54. The molecular weight excluding hydrogens is 323 g/mol. The number of nitrogens with one attached hydrogen (secondary N) is 3. The van der Waals surface area contributed by atoms with Crippen LogP contribution in [0.3, 0.4) is 0 Å². The van der Waals surface area contributed by atoms with Gasteiger partial charge in [-0.2, -0.15) is 5.10 Å². The standard InChI is InChI=1S/C17H23FN6O/c1-12-4-5-13(10-15(12)18)16(25)20-8-9-21-17(19-2)22-11-14-6-7-23-24(14)3/h4-7,10H,8-9,11H2,1-3H3,(H,20,25)(H2,19,21,22). The summed E-state index contributed by atoms with van der Waals surface area (Å²) in [5.74, 6) is -0.0686. The van der Waals surface area contributed by atoms with Crippen LogP contribution in [0, 0.1) is 12.7 Å². The fourth-order valence-electron chi connectivity index (χ4n) is 2.16. The summed E-state index contributed by atoms with van der Waals surface area (Å²) in [6, 6.07) is 6.36. The average Bonchev–Trinajstić information content (AvgIpc) is 3.01. The molecule has 0 unspecified atom stereocenters. The first-order valence-corrected chi connectivity index (χ1v) is 7.97. The van der Waals surface area contributed by atoms with Gasteiger partial charge in [0.25, 0.3) is 5.91 Å². The van der Waals surface area contributed by atoms with E-state index in [9.17, 15) is 9.18 Å². The smallest absolute Gasteiger partial charge is 0.251 e. The quantitative estimate of drug-likeness (QED) is 0.413. The largest absolute Gasteiger partial charge is 0.355 e. The van der Waals surface area contributed by atoms with E-state index in [2.05, 4.69) is 26.0 Å². The Morgan fingerprint density at radius 2 is 2.00 bits per heavy atom. The summed E-state index contributed by atoms with van der Waals surface area (Å²) >= 11 is 0. The Kier molecular flexibility index (Phi) is 6.50. The Bertz CT molecular complexity index is 755. The van der Waals surface area contributed by atoms with Gasteiger partial charge in [-0.05, 0) is 30.7 Å². The van der Waals surface area contributed by atoms with Crippen molar-refractivity contribution in [3.8, 4) is 0 Å². The van der Waals surface area contributed by atoms with Crippen molar-refractivity contribution in [2.24, 2.45) is 12.0 Å². The average molecular weight is 346 g/mol. The Hall–Kier alpha value is -2.90. The van der Waals surface area contributed by atoms with Crippen LogP contribution in [-0.4, -0.2) is 41.8 Å². The molecule has 0 fully saturated rings. The Morgan fingerprint density at radius 1 is 1.24 bits per heavy atom. The van der Waals surface area contributed by atoms with Gasteiger partial charge in [0.2, 0.25) is 0 Å². The van der Waals surface area contributed by atoms with Crippen molar-refractivity contribution in [3.05, 3.63) is 53.1 Å². The van der Waals surface area contributed by atoms with Gasteiger partial charge < -0.3 is 16.0 Å². The van der Waals surface area contributed by atoms with E-state index in [1.165, 1.54) is 6.07 Å². The molecule has 3 N–H and O–H groups in total. The third-order valence-electron chi connectivity index (χ3n) is 3.72. The van der Waals surface area contributed by atoms with Gasteiger partial charge in [-0.25, -0.2) is 4.39 Å². The first-order valence-electron chi connectivity index (χ1n) is 7.97. The van der Waals surface area contributed by atoms with Gasteiger partial charge in [0.15, 0.2) is 5.96 Å². The Balaban J connectivity index is 1.72. The number of halogens is 1. The van der Waals surface area contributed by atoms with Crippen molar-refractivity contribution in [1.29, 1.82) is 0 Å². The molecule has 0 aliphatic carbocycles. The lowest BCUT2D eigenvalue weighted by atomic mass is 10.1. The van der Waals surface area contributed by atoms with Gasteiger partial charge in [-0.3, -0.25) is 14.5 Å². The van der Waals surface area contributed by atoms with E-state index < -0.39 is 0 Å². The number of carbonyl (C=O) groups excluding carboxylic acids is 1. The first-order chi connectivity index (χ1) is 12.0. The molecule has 0 aliphatic heterocycles. The summed E-state index contributed by atoms with van der Waals surface area (Å²) in [6.07, 6.45) is 1.73. The minimum absolute atomic E-state index is 0.307. The summed E-state index contributed by atoms with van der Waals surface area (Å²) < 4.78 is 15.3. The number of hydrogen-bond acceptors (Lipinski definition) is 3. The SMILES string of the molecule is CN=C(NCCNC(=O)c1ccc(C)c(F)c1)NCc1ccnn1C. The molecule has 2 aromatic rings. The van der Waals surface area contributed by atoms with Crippen molar-refractivity contribution < 1.29 is 9.18 Å². The van der Waals surface area contributed by atoms with Crippen molar-refractivity contribution >= 4 is 11.9 Å². The van der Waals surface area contributed by atoms with Crippen molar-refractivity contribution in [2.45, 2.75) is 13.5 Å². The van der Waals surface area contributed by atoms with E-state index in [4.69, 9.17) is 0 Å². The summed E-state index contributed by atoms with van der Waals surface area (Å²) in [6.45, 7) is 3.13. The number of nitrogens with zero attached hydrogens (tertiary/aromatic N) is 3. The van der Waals surface area contributed by atoms with Crippen molar-refractivity contribution in [3.63, 3.8) is 0 Å². The molecular formula is C17H23FN6O.